The lowest BCUT2D eigenvalue weighted by atomic mass is 10.0. The van der Waals surface area contributed by atoms with Gasteiger partial charge >= 0.3 is 6.09 Å². The van der Waals surface area contributed by atoms with Crippen LogP contribution in [0.2, 0.25) is 0 Å². The van der Waals surface area contributed by atoms with E-state index in [0.717, 1.165) is 40.6 Å². The first-order chi connectivity index (χ1) is 16.2. The van der Waals surface area contributed by atoms with Gasteiger partial charge in [-0.25, -0.2) is 9.78 Å². The molecule has 2 fully saturated rings. The van der Waals surface area contributed by atoms with Crippen molar-refractivity contribution in [1.82, 2.24) is 19.4 Å². The molecule has 10 nitrogen and oxygen atoms in total. The lowest BCUT2D eigenvalue weighted by Gasteiger charge is -2.37. The van der Waals surface area contributed by atoms with Gasteiger partial charge in [0.15, 0.2) is 6.10 Å². The van der Waals surface area contributed by atoms with E-state index in [4.69, 9.17) is 19.2 Å². The Labute approximate surface area is 191 Å². The first-order valence-electron chi connectivity index (χ1n) is 11.2. The summed E-state index contributed by atoms with van der Waals surface area (Å²) in [4.78, 5) is 25.7. The van der Waals surface area contributed by atoms with Crippen LogP contribution < -0.4 is 4.90 Å². The van der Waals surface area contributed by atoms with Gasteiger partial charge in [-0.2, -0.15) is 5.26 Å². The Bertz CT molecular complexity index is 1150. The van der Waals surface area contributed by atoms with Crippen molar-refractivity contribution in [2.45, 2.75) is 25.7 Å². The Morgan fingerprint density at radius 2 is 2.03 bits per heavy atom. The van der Waals surface area contributed by atoms with E-state index in [9.17, 15) is 10.1 Å². The van der Waals surface area contributed by atoms with Crippen LogP contribution in [0.5, 0.6) is 0 Å². The van der Waals surface area contributed by atoms with Gasteiger partial charge in [-0.3, -0.25) is 4.98 Å². The van der Waals surface area contributed by atoms with Crippen LogP contribution in [0.1, 0.15) is 22.8 Å². The second-order valence-electron chi connectivity index (χ2n) is 8.60. The highest BCUT2D eigenvalue weighted by molar-refractivity contribution is 6.04. The molecule has 0 saturated carbocycles. The van der Waals surface area contributed by atoms with Crippen molar-refractivity contribution < 1.29 is 19.0 Å². The summed E-state index contributed by atoms with van der Waals surface area (Å²) in [5.74, 6) is 0.890. The number of pyridine rings is 1. The highest BCUT2D eigenvalue weighted by atomic mass is 16.6. The van der Waals surface area contributed by atoms with Crippen molar-refractivity contribution in [3.05, 3.63) is 41.2 Å². The highest BCUT2D eigenvalue weighted by Gasteiger charge is 2.33. The molecule has 3 aliphatic heterocycles. The third kappa shape index (κ3) is 3.53. The third-order valence-electron chi connectivity index (χ3n) is 6.64. The predicted molar refractivity (Wildman–Crippen MR) is 117 cm³/mol. The zero-order valence-electron chi connectivity index (χ0n) is 18.2. The highest BCUT2D eigenvalue weighted by Crippen LogP contribution is 2.42. The monoisotopic (exact) mass is 448 g/mol. The Kier molecular flexibility index (Phi) is 5.00. The zero-order chi connectivity index (χ0) is 22.4. The van der Waals surface area contributed by atoms with Crippen LogP contribution in [0.25, 0.3) is 11.1 Å². The van der Waals surface area contributed by atoms with Crippen molar-refractivity contribution >= 4 is 22.9 Å². The van der Waals surface area contributed by atoms with Gasteiger partial charge in [-0.05, 0) is 6.07 Å². The molecule has 0 unspecified atom stereocenters. The van der Waals surface area contributed by atoms with E-state index < -0.39 is 0 Å². The van der Waals surface area contributed by atoms with Crippen LogP contribution in [-0.2, 0) is 33.8 Å². The number of allylic oxidation sites excluding steroid dienone is 2. The maximum Gasteiger partial charge on any atom is 0.410 e. The molecule has 0 radical (unpaired) electrons. The molecule has 10 heteroatoms. The fraction of sp³-hybridized carbons (Fsp3) is 0.478. The quantitative estimate of drug-likeness (QED) is 0.695. The van der Waals surface area contributed by atoms with Gasteiger partial charge in [0, 0.05) is 68.4 Å². The average Bonchev–Trinajstić information content (AvgIpc) is 3.42. The standard InChI is InChI=1S/C23H24N6O4/c24-10-17-16(19-11-29-7-8-31-14-21(29)26-19)9-18-22(17)20(1-2-25-18)27-3-5-28(6-4-27)23(30)33-15-12-32-13-15/h1-2,11,15H,3-9,12-14H2. The summed E-state index contributed by atoms with van der Waals surface area (Å²) in [6, 6.07) is 4.39. The number of piperazine rings is 1. The molecule has 0 spiro atoms. The number of carbonyl (C=O) groups excluding carboxylic acids is 1. The molecule has 2 saturated heterocycles. The van der Waals surface area contributed by atoms with Crippen LogP contribution in [0.3, 0.4) is 0 Å². The molecule has 4 aliphatic rings. The van der Waals surface area contributed by atoms with Crippen molar-refractivity contribution in [3.63, 3.8) is 0 Å². The maximum absolute atomic E-state index is 12.4. The third-order valence-corrected chi connectivity index (χ3v) is 6.64. The molecule has 0 N–H and O–H groups in total. The largest absolute Gasteiger partial charge is 0.441 e. The van der Waals surface area contributed by atoms with E-state index in [2.05, 4.69) is 20.5 Å². The first-order valence-corrected chi connectivity index (χ1v) is 11.2. The van der Waals surface area contributed by atoms with Gasteiger partial charge in [0.05, 0.1) is 36.8 Å². The molecule has 33 heavy (non-hydrogen) atoms. The van der Waals surface area contributed by atoms with Gasteiger partial charge < -0.3 is 28.6 Å². The zero-order valence-corrected chi connectivity index (χ0v) is 18.2. The molecule has 2 aromatic heterocycles. The minimum absolute atomic E-state index is 0.124. The minimum atomic E-state index is -0.282. The number of hydrogen-bond acceptors (Lipinski definition) is 8. The van der Waals surface area contributed by atoms with Crippen molar-refractivity contribution in [2.75, 3.05) is 50.9 Å². The van der Waals surface area contributed by atoms with E-state index >= 15 is 0 Å². The number of hydrogen-bond donors (Lipinski definition) is 0. The molecule has 170 valence electrons. The predicted octanol–water partition coefficient (Wildman–Crippen LogP) is 1.46. The number of rotatable bonds is 3. The number of carbonyl (C=O) groups is 1. The smallest absolute Gasteiger partial charge is 0.410 e. The van der Waals surface area contributed by atoms with Crippen LogP contribution >= 0.6 is 0 Å². The molecule has 0 aromatic carbocycles. The topological polar surface area (TPSA) is 106 Å². The molecular weight excluding hydrogens is 424 g/mol. The molecule has 0 bridgehead atoms. The molecule has 1 amide bonds. The summed E-state index contributed by atoms with van der Waals surface area (Å²) in [6.07, 6.45) is 4.00. The summed E-state index contributed by atoms with van der Waals surface area (Å²) in [6.45, 7) is 5.35. The number of imidazole rings is 1. The Hall–Kier alpha value is -3.42. The molecule has 2 aromatic rings. The number of fused-ring (bicyclic) bond motifs is 2. The first kappa shape index (κ1) is 20.2. The number of amides is 1. The fourth-order valence-electron chi connectivity index (χ4n) is 4.78. The fourth-order valence-corrected chi connectivity index (χ4v) is 4.78. The van der Waals surface area contributed by atoms with Crippen LogP contribution in [0, 0.1) is 11.3 Å². The van der Waals surface area contributed by atoms with Gasteiger partial charge in [-0.15, -0.1) is 0 Å². The normalized spacial score (nSPS) is 20.2. The minimum Gasteiger partial charge on any atom is -0.441 e. The van der Waals surface area contributed by atoms with Crippen molar-refractivity contribution in [2.24, 2.45) is 0 Å². The van der Waals surface area contributed by atoms with Crippen molar-refractivity contribution in [1.29, 1.82) is 5.26 Å². The Balaban J connectivity index is 1.24. The molecule has 0 atom stereocenters. The molecular formula is C23H24N6O4. The number of nitriles is 1. The van der Waals surface area contributed by atoms with Crippen molar-refractivity contribution in [3.8, 4) is 6.07 Å². The second-order valence-corrected chi connectivity index (χ2v) is 8.60. The summed E-state index contributed by atoms with van der Waals surface area (Å²) >= 11 is 0. The van der Waals surface area contributed by atoms with Crippen LogP contribution in [0.4, 0.5) is 10.5 Å². The summed E-state index contributed by atoms with van der Waals surface area (Å²) in [5, 5.41) is 10.1. The number of nitrogens with zero attached hydrogens (tertiary/aromatic N) is 6. The lowest BCUT2D eigenvalue weighted by Crippen LogP contribution is -2.51. The van der Waals surface area contributed by atoms with Gasteiger partial charge in [0.1, 0.15) is 18.5 Å². The average molecular weight is 448 g/mol. The number of ether oxygens (including phenoxy) is 3. The van der Waals surface area contributed by atoms with Crippen LogP contribution in [-0.4, -0.2) is 77.6 Å². The van der Waals surface area contributed by atoms with Gasteiger partial charge in [0.25, 0.3) is 0 Å². The van der Waals surface area contributed by atoms with Crippen LogP contribution in [0.15, 0.2) is 18.5 Å². The number of anilines is 1. The van der Waals surface area contributed by atoms with E-state index in [-0.39, 0.29) is 12.2 Å². The van der Waals surface area contributed by atoms with Gasteiger partial charge in [0.2, 0.25) is 0 Å². The Morgan fingerprint density at radius 3 is 2.76 bits per heavy atom. The maximum atomic E-state index is 12.4. The number of aromatic nitrogens is 3. The SMILES string of the molecule is N#CC1=C(c2cn3c(n2)COCC3)Cc2nccc(N3CCN(C(=O)OC4COC4)CC3)c21. The van der Waals surface area contributed by atoms with E-state index in [1.54, 1.807) is 11.1 Å². The Morgan fingerprint density at radius 1 is 1.18 bits per heavy atom. The molecule has 6 rings (SSSR count). The summed E-state index contributed by atoms with van der Waals surface area (Å²) in [5.41, 5.74) is 5.14. The summed E-state index contributed by atoms with van der Waals surface area (Å²) in [7, 11) is 0. The van der Waals surface area contributed by atoms with Gasteiger partial charge in [-0.1, -0.05) is 0 Å². The molecule has 1 aliphatic carbocycles. The summed E-state index contributed by atoms with van der Waals surface area (Å²) < 4.78 is 18.1. The van der Waals surface area contributed by atoms with E-state index in [0.29, 0.717) is 64.6 Å². The van der Waals surface area contributed by atoms with E-state index in [1.165, 1.54) is 0 Å². The lowest BCUT2D eigenvalue weighted by molar-refractivity contribution is -0.104. The molecule has 5 heterocycles. The van der Waals surface area contributed by atoms with E-state index in [1.807, 2.05) is 12.3 Å². The second kappa shape index (κ2) is 8.17.